The first-order chi connectivity index (χ1) is 17.3. The number of nitrogens with zero attached hydrogens (tertiary/aromatic N) is 1. The molecule has 1 fully saturated rings. The number of carbonyl (C=O) groups excluding carboxylic acids is 1. The lowest BCUT2D eigenvalue weighted by Crippen LogP contribution is -3.15. The summed E-state index contributed by atoms with van der Waals surface area (Å²) in [6.45, 7) is 3.38. The van der Waals surface area contributed by atoms with E-state index in [2.05, 4.69) is 78.9 Å². The molecule has 1 aromatic heterocycles. The van der Waals surface area contributed by atoms with Crippen LogP contribution in [-0.4, -0.2) is 37.0 Å². The van der Waals surface area contributed by atoms with Crippen molar-refractivity contribution < 1.29 is 14.1 Å². The summed E-state index contributed by atoms with van der Waals surface area (Å²) in [6.07, 6.45) is 2.13. The van der Waals surface area contributed by atoms with Crippen molar-refractivity contribution in [2.75, 3.05) is 26.2 Å². The van der Waals surface area contributed by atoms with E-state index in [0.29, 0.717) is 6.42 Å². The Kier molecular flexibility index (Phi) is 5.81. The fraction of sp³-hybridized carbons (Fsp3) is 0.194. The molecule has 6 rings (SSSR count). The number of nitrogens with one attached hydrogen (secondary N) is 1. The number of amides is 1. The molecule has 0 aliphatic carbocycles. The zero-order valence-electron chi connectivity index (χ0n) is 19.7. The quantitative estimate of drug-likeness (QED) is 0.414. The Bertz CT molecular complexity index is 1410. The summed E-state index contributed by atoms with van der Waals surface area (Å²) in [4.78, 5) is 16.9. The second-order valence-corrected chi connectivity index (χ2v) is 9.39. The first kappa shape index (κ1) is 21.6. The molecule has 1 aliphatic heterocycles. The number of furan rings is 1. The van der Waals surface area contributed by atoms with Crippen LogP contribution in [-0.2, 0) is 11.2 Å². The van der Waals surface area contributed by atoms with Crippen LogP contribution in [0.25, 0.3) is 21.7 Å². The van der Waals surface area contributed by atoms with Gasteiger partial charge in [-0.05, 0) is 16.8 Å². The average Bonchev–Trinajstić information content (AvgIpc) is 3.33. The molecule has 0 bridgehead atoms. The summed E-state index contributed by atoms with van der Waals surface area (Å²) in [5.41, 5.74) is 4.47. The van der Waals surface area contributed by atoms with Crippen molar-refractivity contribution in [3.05, 3.63) is 120 Å². The number of hydrogen-bond donors (Lipinski definition) is 1. The van der Waals surface area contributed by atoms with Gasteiger partial charge in [-0.1, -0.05) is 91.0 Å². The van der Waals surface area contributed by atoms with Gasteiger partial charge in [-0.3, -0.25) is 4.79 Å². The van der Waals surface area contributed by atoms with Crippen molar-refractivity contribution in [3.8, 4) is 0 Å². The van der Waals surface area contributed by atoms with E-state index in [9.17, 15) is 4.79 Å². The molecule has 0 spiro atoms. The van der Waals surface area contributed by atoms with E-state index in [1.165, 1.54) is 21.4 Å². The zero-order valence-corrected chi connectivity index (χ0v) is 19.7. The lowest BCUT2D eigenvalue weighted by Gasteiger charge is -2.37. The Labute approximate surface area is 205 Å². The van der Waals surface area contributed by atoms with Gasteiger partial charge in [0.2, 0.25) is 5.91 Å². The highest BCUT2D eigenvalue weighted by Gasteiger charge is 2.31. The van der Waals surface area contributed by atoms with Crippen LogP contribution in [0.1, 0.15) is 22.7 Å². The summed E-state index contributed by atoms with van der Waals surface area (Å²) in [5, 5.41) is 3.37. The molecule has 0 radical (unpaired) electrons. The normalized spacial score (nSPS) is 14.7. The second kappa shape index (κ2) is 9.40. The van der Waals surface area contributed by atoms with Crippen molar-refractivity contribution in [1.29, 1.82) is 0 Å². The Morgan fingerprint density at radius 1 is 0.800 bits per heavy atom. The predicted octanol–water partition coefficient (Wildman–Crippen LogP) is 4.65. The molecule has 0 saturated carbocycles. The number of hydrogen-bond acceptors (Lipinski definition) is 2. The number of rotatable bonds is 5. The smallest absolute Gasteiger partial charge is 0.227 e. The van der Waals surface area contributed by atoms with Gasteiger partial charge in [-0.15, -0.1) is 0 Å². The SMILES string of the molecule is O=C(Cc1coc2ccc3ccccc3c12)N1CC[NH+](C(c2ccccc2)c2ccccc2)CC1. The fourth-order valence-corrected chi connectivity index (χ4v) is 5.57. The van der Waals surface area contributed by atoms with E-state index in [1.807, 2.05) is 23.1 Å². The largest absolute Gasteiger partial charge is 0.464 e. The van der Waals surface area contributed by atoms with Gasteiger partial charge in [0, 0.05) is 22.1 Å². The van der Waals surface area contributed by atoms with Crippen LogP contribution >= 0.6 is 0 Å². The number of piperazine rings is 1. The highest BCUT2D eigenvalue weighted by molar-refractivity contribution is 6.08. The standard InChI is InChI=1S/C31H28N2O2/c34-29(21-26-22-35-28-16-15-23-9-7-8-14-27(23)30(26)28)32-17-19-33(20-18-32)31(24-10-3-1-4-11-24)25-12-5-2-6-13-25/h1-16,22,31H,17-21H2/p+1. The monoisotopic (exact) mass is 461 g/mol. The molecule has 1 N–H and O–H groups in total. The van der Waals surface area contributed by atoms with Crippen LogP contribution in [0.2, 0.25) is 0 Å². The van der Waals surface area contributed by atoms with E-state index in [-0.39, 0.29) is 11.9 Å². The van der Waals surface area contributed by atoms with E-state index in [1.54, 1.807) is 6.26 Å². The minimum atomic E-state index is 0.177. The molecule has 4 aromatic carbocycles. The Hall–Kier alpha value is -3.89. The van der Waals surface area contributed by atoms with Crippen LogP contribution in [0.3, 0.4) is 0 Å². The third kappa shape index (κ3) is 4.22. The molecule has 2 heterocycles. The van der Waals surface area contributed by atoms with Gasteiger partial charge >= 0.3 is 0 Å². The average molecular weight is 462 g/mol. The summed E-state index contributed by atoms with van der Waals surface area (Å²) in [5.74, 6) is 0.177. The Morgan fingerprint density at radius 2 is 1.43 bits per heavy atom. The van der Waals surface area contributed by atoms with Gasteiger partial charge in [0.05, 0.1) is 38.9 Å². The lowest BCUT2D eigenvalue weighted by atomic mass is 9.96. The molecular weight excluding hydrogens is 432 g/mol. The molecule has 35 heavy (non-hydrogen) atoms. The Balaban J connectivity index is 1.19. The van der Waals surface area contributed by atoms with Gasteiger partial charge in [-0.2, -0.15) is 0 Å². The molecular formula is C31H29N2O2+. The maximum Gasteiger partial charge on any atom is 0.227 e. The highest BCUT2D eigenvalue weighted by Crippen LogP contribution is 2.30. The minimum absolute atomic E-state index is 0.177. The number of quaternary nitrogens is 1. The Morgan fingerprint density at radius 3 is 2.11 bits per heavy atom. The van der Waals surface area contributed by atoms with Crippen molar-refractivity contribution in [3.63, 3.8) is 0 Å². The van der Waals surface area contributed by atoms with Crippen molar-refractivity contribution in [2.24, 2.45) is 0 Å². The minimum Gasteiger partial charge on any atom is -0.464 e. The van der Waals surface area contributed by atoms with Crippen LogP contribution in [0.5, 0.6) is 0 Å². The van der Waals surface area contributed by atoms with Gasteiger partial charge in [0.15, 0.2) is 0 Å². The van der Waals surface area contributed by atoms with E-state index >= 15 is 0 Å². The van der Waals surface area contributed by atoms with E-state index in [4.69, 9.17) is 4.42 Å². The number of fused-ring (bicyclic) bond motifs is 3. The maximum absolute atomic E-state index is 13.3. The first-order valence-electron chi connectivity index (χ1n) is 12.4. The first-order valence-corrected chi connectivity index (χ1v) is 12.4. The summed E-state index contributed by atoms with van der Waals surface area (Å²) < 4.78 is 5.82. The van der Waals surface area contributed by atoms with Gasteiger partial charge in [0.1, 0.15) is 11.6 Å². The van der Waals surface area contributed by atoms with Crippen LogP contribution < -0.4 is 4.90 Å². The molecule has 174 valence electrons. The van der Waals surface area contributed by atoms with Crippen LogP contribution in [0.15, 0.2) is 108 Å². The van der Waals surface area contributed by atoms with Crippen LogP contribution in [0.4, 0.5) is 0 Å². The number of benzene rings is 4. The molecule has 1 amide bonds. The van der Waals surface area contributed by atoms with Crippen molar-refractivity contribution >= 4 is 27.6 Å². The second-order valence-electron chi connectivity index (χ2n) is 9.39. The molecule has 5 aromatic rings. The third-order valence-electron chi connectivity index (χ3n) is 7.31. The lowest BCUT2D eigenvalue weighted by molar-refractivity contribution is -0.929. The summed E-state index contributed by atoms with van der Waals surface area (Å²) >= 11 is 0. The van der Waals surface area contributed by atoms with E-state index in [0.717, 1.165) is 48.1 Å². The maximum atomic E-state index is 13.3. The molecule has 1 aliphatic rings. The van der Waals surface area contributed by atoms with E-state index < -0.39 is 0 Å². The predicted molar refractivity (Wildman–Crippen MR) is 139 cm³/mol. The van der Waals surface area contributed by atoms with Gasteiger partial charge in [0.25, 0.3) is 0 Å². The third-order valence-corrected chi connectivity index (χ3v) is 7.31. The highest BCUT2D eigenvalue weighted by atomic mass is 16.3. The molecule has 0 unspecified atom stereocenters. The van der Waals surface area contributed by atoms with Crippen molar-refractivity contribution in [1.82, 2.24) is 4.90 Å². The molecule has 1 saturated heterocycles. The topological polar surface area (TPSA) is 37.9 Å². The molecule has 4 heteroatoms. The van der Waals surface area contributed by atoms with Gasteiger partial charge < -0.3 is 14.2 Å². The zero-order chi connectivity index (χ0) is 23.6. The van der Waals surface area contributed by atoms with Crippen molar-refractivity contribution in [2.45, 2.75) is 12.5 Å². The molecule has 4 nitrogen and oxygen atoms in total. The summed E-state index contributed by atoms with van der Waals surface area (Å²) in [7, 11) is 0. The number of carbonyl (C=O) groups is 1. The van der Waals surface area contributed by atoms with Gasteiger partial charge in [-0.25, -0.2) is 0 Å². The molecule has 0 atom stereocenters. The van der Waals surface area contributed by atoms with Crippen LogP contribution in [0, 0.1) is 0 Å². The fourth-order valence-electron chi connectivity index (χ4n) is 5.57. The summed E-state index contributed by atoms with van der Waals surface area (Å²) in [6, 6.07) is 34.1.